The van der Waals surface area contributed by atoms with Crippen LogP contribution in [-0.2, 0) is 11.2 Å². The highest BCUT2D eigenvalue weighted by molar-refractivity contribution is 9.11. The predicted molar refractivity (Wildman–Crippen MR) is 185 cm³/mol. The number of benzene rings is 2. The second kappa shape index (κ2) is 14.8. The normalized spacial score (nSPS) is 19.3. The molecule has 0 spiro atoms. The molecular formula is C34H42Br2N6O4. The van der Waals surface area contributed by atoms with Gasteiger partial charge in [-0.2, -0.15) is 0 Å². The fourth-order valence-electron chi connectivity index (χ4n) is 7.16. The molecule has 10 nitrogen and oxygen atoms in total. The van der Waals surface area contributed by atoms with Gasteiger partial charge in [0.1, 0.15) is 11.8 Å². The lowest BCUT2D eigenvalue weighted by atomic mass is 9.98. The number of aromatic nitrogens is 2. The number of H-pyrrole nitrogens is 1. The number of hydrogen-bond acceptors (Lipinski definition) is 5. The molecule has 3 aliphatic rings. The van der Waals surface area contributed by atoms with E-state index >= 15 is 0 Å². The summed E-state index contributed by atoms with van der Waals surface area (Å²) in [5.41, 5.74) is 2.40. The van der Waals surface area contributed by atoms with Gasteiger partial charge in [0, 0.05) is 50.9 Å². The quantitative estimate of drug-likeness (QED) is 0.295. The molecule has 0 bridgehead atoms. The average molecular weight is 759 g/mol. The summed E-state index contributed by atoms with van der Waals surface area (Å²) in [6.07, 6.45) is 9.13. The number of carbonyl (C=O) groups excluding carboxylic acids is 2. The van der Waals surface area contributed by atoms with Crippen molar-refractivity contribution in [2.24, 2.45) is 0 Å². The molecule has 1 aromatic heterocycles. The van der Waals surface area contributed by atoms with Crippen LogP contribution in [0.5, 0.6) is 5.75 Å². The van der Waals surface area contributed by atoms with Crippen molar-refractivity contribution in [2.75, 3.05) is 39.3 Å². The van der Waals surface area contributed by atoms with Gasteiger partial charge in [-0.3, -0.25) is 9.36 Å². The maximum atomic E-state index is 14.0. The lowest BCUT2D eigenvalue weighted by Crippen LogP contribution is -2.56. The predicted octanol–water partition coefficient (Wildman–Crippen LogP) is 5.51. The molecule has 3 amide bonds. The van der Waals surface area contributed by atoms with Gasteiger partial charge in [-0.15, -0.1) is 0 Å². The van der Waals surface area contributed by atoms with Crippen molar-refractivity contribution in [3.8, 4) is 17.0 Å². The number of aromatic hydroxyl groups is 1. The van der Waals surface area contributed by atoms with Crippen molar-refractivity contribution < 1.29 is 14.7 Å². The van der Waals surface area contributed by atoms with Crippen molar-refractivity contribution in [1.29, 1.82) is 0 Å². The Labute approximate surface area is 286 Å². The highest BCUT2D eigenvalue weighted by Crippen LogP contribution is 2.34. The van der Waals surface area contributed by atoms with E-state index in [-0.39, 0.29) is 29.4 Å². The number of hydrogen-bond donors (Lipinski definition) is 3. The van der Waals surface area contributed by atoms with Gasteiger partial charge in [-0.1, -0.05) is 36.8 Å². The third-order valence-electron chi connectivity index (χ3n) is 9.77. The summed E-state index contributed by atoms with van der Waals surface area (Å²) in [6, 6.07) is 12.8. The molecule has 3 fully saturated rings. The molecule has 3 aliphatic heterocycles. The average Bonchev–Trinajstić information content (AvgIpc) is 3.48. The summed E-state index contributed by atoms with van der Waals surface area (Å²) >= 11 is 6.80. The zero-order chi connectivity index (χ0) is 32.2. The minimum Gasteiger partial charge on any atom is -0.506 e. The molecule has 1 atom stereocenters. The Hall–Kier alpha value is -3.09. The molecular weight excluding hydrogens is 716 g/mol. The number of phenolic OH excluding ortho intramolecular Hbond substituents is 1. The molecule has 3 N–H and O–H groups in total. The van der Waals surface area contributed by atoms with Gasteiger partial charge >= 0.3 is 11.7 Å². The molecule has 2 aromatic carbocycles. The van der Waals surface area contributed by atoms with E-state index in [1.54, 1.807) is 21.6 Å². The Bertz CT molecular complexity index is 1550. The topological polar surface area (TPSA) is 114 Å². The van der Waals surface area contributed by atoms with Crippen LogP contribution >= 0.6 is 31.9 Å². The summed E-state index contributed by atoms with van der Waals surface area (Å²) in [4.78, 5) is 49.6. The van der Waals surface area contributed by atoms with Crippen LogP contribution in [0.4, 0.5) is 4.79 Å². The largest absolute Gasteiger partial charge is 0.506 e. The second-order valence-corrected chi connectivity index (χ2v) is 14.4. The van der Waals surface area contributed by atoms with Crippen molar-refractivity contribution in [3.63, 3.8) is 0 Å². The number of imidazole rings is 1. The Kier molecular flexibility index (Phi) is 10.5. The lowest BCUT2D eigenvalue weighted by Gasteiger charge is -2.41. The smallest absolute Gasteiger partial charge is 0.326 e. The van der Waals surface area contributed by atoms with Crippen molar-refractivity contribution in [2.45, 2.75) is 69.5 Å². The molecule has 46 heavy (non-hydrogen) atoms. The van der Waals surface area contributed by atoms with Crippen LogP contribution in [0.2, 0.25) is 0 Å². The van der Waals surface area contributed by atoms with Gasteiger partial charge in [0.05, 0.1) is 14.6 Å². The van der Waals surface area contributed by atoms with Gasteiger partial charge < -0.3 is 30.1 Å². The third kappa shape index (κ3) is 7.55. The fraction of sp³-hybridized carbons (Fsp3) is 0.500. The minimum atomic E-state index is -0.749. The van der Waals surface area contributed by atoms with Crippen LogP contribution in [0.15, 0.2) is 62.4 Å². The summed E-state index contributed by atoms with van der Waals surface area (Å²) < 4.78 is 2.79. The van der Waals surface area contributed by atoms with Crippen LogP contribution in [0.3, 0.4) is 0 Å². The highest BCUT2D eigenvalue weighted by atomic mass is 79.9. The monoisotopic (exact) mass is 756 g/mol. The Morgan fingerprint density at radius 2 is 1.48 bits per heavy atom. The van der Waals surface area contributed by atoms with Crippen molar-refractivity contribution in [3.05, 3.63) is 73.7 Å². The maximum absolute atomic E-state index is 14.0. The van der Waals surface area contributed by atoms with E-state index in [2.05, 4.69) is 47.1 Å². The first-order valence-corrected chi connectivity index (χ1v) is 18.0. The zero-order valence-electron chi connectivity index (χ0n) is 26.0. The number of nitrogens with zero attached hydrogens (tertiary/aromatic N) is 4. The lowest BCUT2D eigenvalue weighted by molar-refractivity contribution is -0.134. The van der Waals surface area contributed by atoms with Gasteiger partial charge in [-0.25, -0.2) is 9.59 Å². The van der Waals surface area contributed by atoms with Crippen LogP contribution in [-0.4, -0.2) is 92.6 Å². The third-order valence-corrected chi connectivity index (χ3v) is 11.0. The number of piperidine rings is 3. The Morgan fingerprint density at radius 1 is 0.870 bits per heavy atom. The van der Waals surface area contributed by atoms with E-state index in [4.69, 9.17) is 0 Å². The SMILES string of the molecule is O=C(N[C@@H](Cc1cc(Br)c(O)c(Br)c1)C(=O)N1CCC(N2CCCCC2)CC1)N1CCC(n2cc(-c3ccccc3)[nH]c2=O)CC1. The Balaban J connectivity index is 1.11. The van der Waals surface area contributed by atoms with Crippen LogP contribution < -0.4 is 11.0 Å². The van der Waals surface area contributed by atoms with Gasteiger partial charge in [0.15, 0.2) is 0 Å². The van der Waals surface area contributed by atoms with E-state index in [0.717, 1.165) is 42.8 Å². The molecule has 0 unspecified atom stereocenters. The standard InChI is InChI=1S/C34H42Br2N6O4/c35-27-19-23(20-28(36)31(27)43)21-29(32(44)40-15-9-25(10-16-40)39-13-5-2-6-14-39)37-33(45)41-17-11-26(12-18-41)42-22-30(38-34(42)46)24-7-3-1-4-8-24/h1,3-4,7-8,19-20,22,25-26,29,43H,2,5-6,9-18,21H2,(H,37,45)(H,38,46)/t29-/m0/s1. The van der Waals surface area contributed by atoms with Crippen LogP contribution in [0, 0.1) is 0 Å². The fourth-order valence-corrected chi connectivity index (χ4v) is 8.44. The van der Waals surface area contributed by atoms with E-state index in [1.165, 1.54) is 19.3 Å². The number of carbonyl (C=O) groups is 2. The van der Waals surface area contributed by atoms with Crippen LogP contribution in [0.25, 0.3) is 11.3 Å². The molecule has 6 rings (SSSR count). The Morgan fingerprint density at radius 3 is 2.13 bits per heavy atom. The molecule has 0 radical (unpaired) electrons. The zero-order valence-corrected chi connectivity index (χ0v) is 29.1. The van der Waals surface area contributed by atoms with E-state index in [0.29, 0.717) is 60.4 Å². The number of halogens is 2. The van der Waals surface area contributed by atoms with Gasteiger partial charge in [0.2, 0.25) is 5.91 Å². The molecule has 0 saturated carbocycles. The maximum Gasteiger partial charge on any atom is 0.326 e. The molecule has 3 saturated heterocycles. The van der Waals surface area contributed by atoms with Crippen LogP contribution in [0.1, 0.15) is 56.6 Å². The molecule has 246 valence electrons. The number of urea groups is 1. The van der Waals surface area contributed by atoms with E-state index in [9.17, 15) is 19.5 Å². The number of amides is 3. The second-order valence-electron chi connectivity index (χ2n) is 12.7. The molecule has 0 aliphatic carbocycles. The summed E-state index contributed by atoms with van der Waals surface area (Å²) in [5, 5.41) is 13.3. The summed E-state index contributed by atoms with van der Waals surface area (Å²) in [5.74, 6) is 0.0173. The first-order valence-electron chi connectivity index (χ1n) is 16.4. The van der Waals surface area contributed by atoms with Crippen molar-refractivity contribution >= 4 is 43.8 Å². The number of phenols is 1. The highest BCUT2D eigenvalue weighted by Gasteiger charge is 2.34. The first-order chi connectivity index (χ1) is 22.3. The number of rotatable bonds is 7. The first kappa shape index (κ1) is 32.8. The summed E-state index contributed by atoms with van der Waals surface area (Å²) in [7, 11) is 0. The number of nitrogens with one attached hydrogen (secondary N) is 2. The molecule has 12 heteroatoms. The minimum absolute atomic E-state index is 0.0180. The van der Waals surface area contributed by atoms with Gasteiger partial charge in [-0.05, 0) is 107 Å². The van der Waals surface area contributed by atoms with E-state index < -0.39 is 6.04 Å². The summed E-state index contributed by atoms with van der Waals surface area (Å²) in [6.45, 7) is 4.60. The number of aromatic amines is 1. The number of likely N-dealkylation sites (tertiary alicyclic amines) is 3. The van der Waals surface area contributed by atoms with Crippen molar-refractivity contribution in [1.82, 2.24) is 29.6 Å². The molecule has 4 heterocycles. The van der Waals surface area contributed by atoms with E-state index in [1.807, 2.05) is 41.4 Å². The van der Waals surface area contributed by atoms with Gasteiger partial charge in [0.25, 0.3) is 0 Å². The molecule has 3 aromatic rings.